The Bertz CT molecular complexity index is 247. The van der Waals surface area contributed by atoms with Crippen LogP contribution in [0.15, 0.2) is 0 Å². The minimum atomic E-state index is 0.430. The molecular weight excluding hydrogens is 236 g/mol. The van der Waals surface area contributed by atoms with Crippen molar-refractivity contribution < 1.29 is 4.43 Å². The van der Waals surface area contributed by atoms with Gasteiger partial charge in [0.15, 0.2) is 0 Å². The van der Waals surface area contributed by atoms with E-state index in [-0.39, 0.29) is 0 Å². The van der Waals surface area contributed by atoms with E-state index in [9.17, 15) is 0 Å². The van der Waals surface area contributed by atoms with E-state index in [4.69, 9.17) is 4.43 Å². The van der Waals surface area contributed by atoms with Gasteiger partial charge in [-0.3, -0.25) is 0 Å². The summed E-state index contributed by atoms with van der Waals surface area (Å²) in [4.78, 5) is 0. The molecule has 1 nitrogen and oxygen atoms in total. The van der Waals surface area contributed by atoms with E-state index in [0.717, 1.165) is 28.9 Å². The molecule has 0 radical (unpaired) electrons. The molecule has 2 heteroatoms. The summed E-state index contributed by atoms with van der Waals surface area (Å²) < 4.78 is 5.63. The molecule has 1 fully saturated rings. The van der Waals surface area contributed by atoms with Gasteiger partial charge in [0.1, 0.15) is 10.5 Å². The molecule has 1 saturated carbocycles. The van der Waals surface area contributed by atoms with Crippen molar-refractivity contribution in [1.29, 1.82) is 0 Å². The molecule has 0 aromatic carbocycles. The van der Waals surface area contributed by atoms with Gasteiger partial charge in [-0.05, 0) is 41.9 Å². The van der Waals surface area contributed by atoms with Crippen molar-refractivity contribution in [2.75, 3.05) is 6.61 Å². The predicted octanol–water partition coefficient (Wildman–Crippen LogP) is 3.94. The Hall–Kier alpha value is 0.177. The average molecular weight is 271 g/mol. The summed E-state index contributed by atoms with van der Waals surface area (Å²) in [7, 11) is 0.885. The van der Waals surface area contributed by atoms with E-state index in [0.29, 0.717) is 10.8 Å². The van der Waals surface area contributed by atoms with Crippen LogP contribution in [0.3, 0.4) is 0 Å². The Balaban J connectivity index is 2.93. The molecule has 0 heterocycles. The van der Waals surface area contributed by atoms with Crippen LogP contribution in [0.5, 0.6) is 0 Å². The Labute approximate surface area is 118 Å². The first-order chi connectivity index (χ1) is 8.36. The van der Waals surface area contributed by atoms with Crippen molar-refractivity contribution in [1.82, 2.24) is 0 Å². The Morgan fingerprint density at radius 3 is 2.39 bits per heavy atom. The smallest absolute Gasteiger partial charge is 0.145 e. The molecule has 2 atom stereocenters. The molecule has 18 heavy (non-hydrogen) atoms. The van der Waals surface area contributed by atoms with E-state index in [1.165, 1.54) is 38.5 Å². The number of rotatable bonds is 5. The van der Waals surface area contributed by atoms with Crippen LogP contribution < -0.4 is 0 Å². The van der Waals surface area contributed by atoms with Crippen molar-refractivity contribution in [3.63, 3.8) is 0 Å². The summed E-state index contributed by atoms with van der Waals surface area (Å²) in [6.45, 7) is 13.3. The maximum absolute atomic E-state index is 5.63. The Kier molecular flexibility index (Phi) is 5.92. The third kappa shape index (κ3) is 3.60. The first-order valence-electron chi connectivity index (χ1n) is 7.85. The third-order valence-corrected chi connectivity index (χ3v) is 5.78. The minimum absolute atomic E-state index is 0.430. The molecule has 0 bridgehead atoms. The van der Waals surface area contributed by atoms with Crippen molar-refractivity contribution >= 4 is 10.5 Å². The predicted molar refractivity (Wildman–Crippen MR) is 83.8 cm³/mol. The van der Waals surface area contributed by atoms with Crippen molar-refractivity contribution in [2.24, 2.45) is 22.7 Å². The van der Waals surface area contributed by atoms with Gasteiger partial charge in [0.2, 0.25) is 0 Å². The molecule has 0 spiro atoms. The first kappa shape index (κ1) is 16.2. The van der Waals surface area contributed by atoms with Crippen LogP contribution in [0, 0.1) is 22.7 Å². The van der Waals surface area contributed by atoms with Crippen LogP contribution in [0.2, 0.25) is 0 Å². The fourth-order valence-electron chi connectivity index (χ4n) is 4.48. The molecule has 2 unspecified atom stereocenters. The van der Waals surface area contributed by atoms with Crippen LogP contribution in [-0.4, -0.2) is 17.1 Å². The molecular formula is C16H34OSi. The highest BCUT2D eigenvalue weighted by atomic mass is 28.2. The van der Waals surface area contributed by atoms with E-state index < -0.39 is 0 Å². The highest BCUT2D eigenvalue weighted by Crippen LogP contribution is 2.52. The summed E-state index contributed by atoms with van der Waals surface area (Å²) in [5.41, 5.74) is 0.908. The van der Waals surface area contributed by atoms with Crippen LogP contribution in [0.4, 0.5) is 0 Å². The normalized spacial score (nSPS) is 29.2. The molecule has 108 valence electrons. The zero-order valence-electron chi connectivity index (χ0n) is 13.5. The fourth-order valence-corrected chi connectivity index (χ4v) is 4.89. The van der Waals surface area contributed by atoms with Gasteiger partial charge in [0.05, 0.1) is 0 Å². The lowest BCUT2D eigenvalue weighted by molar-refractivity contribution is 0.00208. The molecule has 0 aromatic rings. The summed E-state index contributed by atoms with van der Waals surface area (Å²) in [6, 6.07) is 0. The maximum Gasteiger partial charge on any atom is 0.145 e. The van der Waals surface area contributed by atoms with Gasteiger partial charge < -0.3 is 4.43 Å². The van der Waals surface area contributed by atoms with Crippen LogP contribution in [0.25, 0.3) is 0 Å². The molecule has 1 aliphatic carbocycles. The van der Waals surface area contributed by atoms with E-state index >= 15 is 0 Å². The molecule has 1 aliphatic rings. The molecule has 0 amide bonds. The largest absolute Gasteiger partial charge is 0.428 e. The van der Waals surface area contributed by atoms with E-state index in [1.54, 1.807) is 0 Å². The second-order valence-corrected chi connectivity index (χ2v) is 8.13. The lowest BCUT2D eigenvalue weighted by atomic mass is 9.58. The maximum atomic E-state index is 5.63. The van der Waals surface area contributed by atoms with Gasteiger partial charge >= 0.3 is 0 Å². The second kappa shape index (κ2) is 6.56. The molecule has 0 aliphatic heterocycles. The van der Waals surface area contributed by atoms with Crippen LogP contribution >= 0.6 is 0 Å². The summed E-state index contributed by atoms with van der Waals surface area (Å²) in [5, 5.41) is 0. The standard InChI is InChI=1S/C16H34OSi/c1-6-11-15(2,3)14-10-8-7-9-13(12-17-18)16(14,4)5/h13-14H,6-12H2,1-5,18H3. The van der Waals surface area contributed by atoms with Gasteiger partial charge in [0, 0.05) is 6.61 Å². The third-order valence-electron chi connectivity index (χ3n) is 5.45. The average Bonchev–Trinajstić information content (AvgIpc) is 2.39. The summed E-state index contributed by atoms with van der Waals surface area (Å²) in [5.74, 6) is 1.60. The quantitative estimate of drug-likeness (QED) is 0.543. The lowest BCUT2D eigenvalue weighted by Gasteiger charge is -2.47. The topological polar surface area (TPSA) is 9.23 Å². The highest BCUT2D eigenvalue weighted by molar-refractivity contribution is 5.97. The molecule has 1 rings (SSSR count). The second-order valence-electron chi connectivity index (χ2n) is 7.55. The SMILES string of the molecule is CCCC(C)(C)C1CCCCC(CO[SiH3])C1(C)C. The Morgan fingerprint density at radius 1 is 1.22 bits per heavy atom. The van der Waals surface area contributed by atoms with Crippen molar-refractivity contribution in [3.05, 3.63) is 0 Å². The molecule has 0 saturated heterocycles. The number of hydrogen-bond acceptors (Lipinski definition) is 1. The van der Waals surface area contributed by atoms with Crippen LogP contribution in [-0.2, 0) is 4.43 Å². The van der Waals surface area contributed by atoms with Crippen molar-refractivity contribution in [3.8, 4) is 0 Å². The zero-order chi connectivity index (χ0) is 13.8. The number of hydrogen-bond donors (Lipinski definition) is 0. The van der Waals surface area contributed by atoms with Crippen LogP contribution in [0.1, 0.15) is 73.1 Å². The zero-order valence-corrected chi connectivity index (χ0v) is 15.5. The van der Waals surface area contributed by atoms with Gasteiger partial charge in [0.25, 0.3) is 0 Å². The molecule has 0 aromatic heterocycles. The Morgan fingerprint density at radius 2 is 1.83 bits per heavy atom. The monoisotopic (exact) mass is 270 g/mol. The van der Waals surface area contributed by atoms with Gasteiger partial charge in [-0.2, -0.15) is 0 Å². The summed E-state index contributed by atoms with van der Waals surface area (Å²) in [6.07, 6.45) is 8.26. The summed E-state index contributed by atoms with van der Waals surface area (Å²) >= 11 is 0. The highest BCUT2D eigenvalue weighted by Gasteiger charge is 2.44. The van der Waals surface area contributed by atoms with E-state index in [1.807, 2.05) is 0 Å². The van der Waals surface area contributed by atoms with E-state index in [2.05, 4.69) is 34.6 Å². The van der Waals surface area contributed by atoms with Gasteiger partial charge in [-0.25, -0.2) is 0 Å². The fraction of sp³-hybridized carbons (Fsp3) is 1.00. The minimum Gasteiger partial charge on any atom is -0.428 e. The lowest BCUT2D eigenvalue weighted by Crippen LogP contribution is -2.41. The van der Waals surface area contributed by atoms with Gasteiger partial charge in [-0.15, -0.1) is 0 Å². The first-order valence-corrected chi connectivity index (χ1v) is 8.66. The van der Waals surface area contributed by atoms with Gasteiger partial charge in [-0.1, -0.05) is 53.9 Å². The molecule has 0 N–H and O–H groups in total. The van der Waals surface area contributed by atoms with Crippen molar-refractivity contribution in [2.45, 2.75) is 73.1 Å².